The van der Waals surface area contributed by atoms with Gasteiger partial charge in [0.1, 0.15) is 0 Å². The predicted molar refractivity (Wildman–Crippen MR) is 85.9 cm³/mol. The molecule has 0 saturated heterocycles. The van der Waals surface area contributed by atoms with Crippen LogP contribution in [-0.4, -0.2) is 31.9 Å². The monoisotopic (exact) mass is 328 g/mol. The quantitative estimate of drug-likeness (QED) is 0.846. The van der Waals surface area contributed by atoms with E-state index in [1.807, 2.05) is 12.2 Å². The first kappa shape index (κ1) is 16.5. The van der Waals surface area contributed by atoms with Gasteiger partial charge >= 0.3 is 0 Å². The molecule has 1 aliphatic heterocycles. The van der Waals surface area contributed by atoms with Crippen LogP contribution in [0.25, 0.3) is 0 Å². The second-order valence-corrected chi connectivity index (χ2v) is 7.76. The highest BCUT2D eigenvalue weighted by Crippen LogP contribution is 2.24. The molecule has 0 bridgehead atoms. The number of halogens is 1. The second-order valence-electron chi connectivity index (χ2n) is 5.41. The predicted octanol–water partition coefficient (Wildman–Crippen LogP) is 2.79. The molecule has 0 aromatic heterocycles. The van der Waals surface area contributed by atoms with Crippen LogP contribution in [0.1, 0.15) is 25.8 Å². The van der Waals surface area contributed by atoms with E-state index in [0.717, 1.165) is 12.0 Å². The summed E-state index contributed by atoms with van der Waals surface area (Å²) in [5.41, 5.74) is 0.905. The Morgan fingerprint density at radius 2 is 2.10 bits per heavy atom. The van der Waals surface area contributed by atoms with Crippen LogP contribution in [0.4, 0.5) is 0 Å². The van der Waals surface area contributed by atoms with E-state index in [4.69, 9.17) is 11.6 Å². The molecule has 0 aliphatic carbocycles. The van der Waals surface area contributed by atoms with Gasteiger partial charge in [-0.3, -0.25) is 0 Å². The summed E-state index contributed by atoms with van der Waals surface area (Å²) in [4.78, 5) is 0.260. The van der Waals surface area contributed by atoms with Gasteiger partial charge in [0, 0.05) is 30.7 Å². The third kappa shape index (κ3) is 4.07. The molecule has 0 fully saturated rings. The number of nitrogens with one attached hydrogen (secondary N) is 1. The minimum absolute atomic E-state index is 0.260. The zero-order valence-corrected chi connectivity index (χ0v) is 13.9. The van der Waals surface area contributed by atoms with Crippen molar-refractivity contribution in [1.29, 1.82) is 0 Å². The molecule has 1 aromatic rings. The van der Waals surface area contributed by atoms with E-state index in [-0.39, 0.29) is 4.90 Å². The molecular weight excluding hydrogens is 308 g/mol. The van der Waals surface area contributed by atoms with Crippen LogP contribution in [0.5, 0.6) is 0 Å². The summed E-state index contributed by atoms with van der Waals surface area (Å²) in [6, 6.07) is 5.32. The SMILES string of the molecule is CC(C)NCc1ccc(S(=O)(=O)N2CC=CCC2)cc1Cl. The standard InChI is InChI=1S/C15H21ClN2O2S/c1-12(2)17-11-13-6-7-14(10-15(13)16)21(19,20)18-8-4-3-5-9-18/h3-4,6-7,10,12,17H,5,8-9,11H2,1-2H3. The number of benzene rings is 1. The van der Waals surface area contributed by atoms with E-state index in [2.05, 4.69) is 19.2 Å². The number of hydrogen-bond donors (Lipinski definition) is 1. The van der Waals surface area contributed by atoms with Crippen LogP contribution in [-0.2, 0) is 16.6 Å². The third-order valence-electron chi connectivity index (χ3n) is 3.38. The average Bonchev–Trinajstić information content (AvgIpc) is 2.46. The zero-order chi connectivity index (χ0) is 15.5. The first-order valence-corrected chi connectivity index (χ1v) is 8.90. The van der Waals surface area contributed by atoms with Gasteiger partial charge in [0.15, 0.2) is 0 Å². The Morgan fingerprint density at radius 1 is 1.33 bits per heavy atom. The molecule has 4 nitrogen and oxygen atoms in total. The van der Waals surface area contributed by atoms with Gasteiger partial charge in [-0.2, -0.15) is 4.31 Å². The first-order valence-electron chi connectivity index (χ1n) is 7.08. The van der Waals surface area contributed by atoms with Gasteiger partial charge in [0.25, 0.3) is 0 Å². The lowest BCUT2D eigenvalue weighted by Gasteiger charge is -2.23. The molecule has 2 rings (SSSR count). The molecule has 116 valence electrons. The van der Waals surface area contributed by atoms with Gasteiger partial charge in [-0.05, 0) is 24.1 Å². The van der Waals surface area contributed by atoms with Crippen LogP contribution >= 0.6 is 11.6 Å². The molecule has 1 aliphatic rings. The normalized spacial score (nSPS) is 16.6. The molecule has 1 N–H and O–H groups in total. The minimum Gasteiger partial charge on any atom is -0.310 e. The van der Waals surface area contributed by atoms with Crippen LogP contribution in [0.3, 0.4) is 0 Å². The van der Waals surface area contributed by atoms with Crippen molar-refractivity contribution in [2.45, 2.75) is 37.8 Å². The Bertz CT molecular complexity index is 627. The van der Waals surface area contributed by atoms with Gasteiger partial charge in [-0.1, -0.05) is 43.7 Å². The largest absolute Gasteiger partial charge is 0.310 e. The molecule has 1 aromatic carbocycles. The highest BCUT2D eigenvalue weighted by Gasteiger charge is 2.24. The molecular formula is C15H21ClN2O2S. The summed E-state index contributed by atoms with van der Waals surface area (Å²) < 4.78 is 26.5. The summed E-state index contributed by atoms with van der Waals surface area (Å²) >= 11 is 6.22. The van der Waals surface area contributed by atoms with Crippen LogP contribution in [0.2, 0.25) is 5.02 Å². The maximum absolute atomic E-state index is 12.5. The summed E-state index contributed by atoms with van der Waals surface area (Å²) in [6.07, 6.45) is 4.63. The third-order valence-corrected chi connectivity index (χ3v) is 5.60. The van der Waals surface area contributed by atoms with Gasteiger partial charge in [-0.25, -0.2) is 8.42 Å². The van der Waals surface area contributed by atoms with Crippen molar-refractivity contribution in [3.8, 4) is 0 Å². The lowest BCUT2D eigenvalue weighted by Crippen LogP contribution is -2.33. The van der Waals surface area contributed by atoms with E-state index in [1.54, 1.807) is 18.2 Å². The summed E-state index contributed by atoms with van der Waals surface area (Å²) in [7, 11) is -3.46. The molecule has 6 heteroatoms. The van der Waals surface area contributed by atoms with Crippen LogP contribution < -0.4 is 5.32 Å². The summed E-state index contributed by atoms with van der Waals surface area (Å²) in [6.45, 7) is 5.68. The van der Waals surface area contributed by atoms with Crippen molar-refractivity contribution in [2.24, 2.45) is 0 Å². The topological polar surface area (TPSA) is 49.4 Å². The van der Waals surface area contributed by atoms with Crippen molar-refractivity contribution in [3.05, 3.63) is 40.9 Å². The zero-order valence-electron chi connectivity index (χ0n) is 12.3. The maximum Gasteiger partial charge on any atom is 0.243 e. The fraction of sp³-hybridized carbons (Fsp3) is 0.467. The number of nitrogens with zero attached hydrogens (tertiary/aromatic N) is 1. The lowest BCUT2D eigenvalue weighted by molar-refractivity contribution is 0.437. The van der Waals surface area contributed by atoms with Gasteiger partial charge in [0.05, 0.1) is 4.90 Å². The Labute approximate surface area is 131 Å². The molecule has 0 unspecified atom stereocenters. The van der Waals surface area contributed by atoms with Gasteiger partial charge in [-0.15, -0.1) is 0 Å². The fourth-order valence-electron chi connectivity index (χ4n) is 2.13. The smallest absolute Gasteiger partial charge is 0.243 e. The molecule has 0 spiro atoms. The Morgan fingerprint density at radius 3 is 2.67 bits per heavy atom. The molecule has 0 atom stereocenters. The van der Waals surface area contributed by atoms with Gasteiger partial charge < -0.3 is 5.32 Å². The number of sulfonamides is 1. The number of rotatable bonds is 5. The highest BCUT2D eigenvalue weighted by atomic mass is 35.5. The molecule has 1 heterocycles. The fourth-order valence-corrected chi connectivity index (χ4v) is 3.88. The maximum atomic E-state index is 12.5. The molecule has 0 amide bonds. The Balaban J connectivity index is 2.20. The number of hydrogen-bond acceptors (Lipinski definition) is 3. The van der Waals surface area contributed by atoms with Crippen LogP contribution in [0, 0.1) is 0 Å². The van der Waals surface area contributed by atoms with Crippen molar-refractivity contribution >= 4 is 21.6 Å². The van der Waals surface area contributed by atoms with E-state index in [1.165, 1.54) is 4.31 Å². The van der Waals surface area contributed by atoms with Crippen LogP contribution in [0.15, 0.2) is 35.2 Å². The van der Waals surface area contributed by atoms with Crippen molar-refractivity contribution in [2.75, 3.05) is 13.1 Å². The Kier molecular flexibility index (Phi) is 5.43. The lowest BCUT2D eigenvalue weighted by atomic mass is 10.2. The highest BCUT2D eigenvalue weighted by molar-refractivity contribution is 7.89. The molecule has 0 saturated carbocycles. The van der Waals surface area contributed by atoms with E-state index in [0.29, 0.717) is 30.7 Å². The molecule has 0 radical (unpaired) electrons. The van der Waals surface area contributed by atoms with E-state index < -0.39 is 10.0 Å². The molecule has 21 heavy (non-hydrogen) atoms. The van der Waals surface area contributed by atoms with Gasteiger partial charge in [0.2, 0.25) is 10.0 Å². The minimum atomic E-state index is -3.46. The van der Waals surface area contributed by atoms with E-state index >= 15 is 0 Å². The average molecular weight is 329 g/mol. The summed E-state index contributed by atoms with van der Waals surface area (Å²) in [5.74, 6) is 0. The van der Waals surface area contributed by atoms with Crippen molar-refractivity contribution in [3.63, 3.8) is 0 Å². The summed E-state index contributed by atoms with van der Waals surface area (Å²) in [5, 5.41) is 3.75. The van der Waals surface area contributed by atoms with Crippen molar-refractivity contribution < 1.29 is 8.42 Å². The second kappa shape index (κ2) is 6.92. The first-order chi connectivity index (χ1) is 9.91. The Hall–Kier alpha value is -0.880. The van der Waals surface area contributed by atoms with Crippen molar-refractivity contribution in [1.82, 2.24) is 9.62 Å². The van der Waals surface area contributed by atoms with E-state index in [9.17, 15) is 8.42 Å².